The van der Waals surface area contributed by atoms with Crippen LogP contribution in [0.3, 0.4) is 0 Å². The summed E-state index contributed by atoms with van der Waals surface area (Å²) in [6.07, 6.45) is 38.2. The van der Waals surface area contributed by atoms with E-state index in [4.69, 9.17) is 9.84 Å². The largest absolute Gasteiger partial charge is 0.481 e. The second kappa shape index (κ2) is 33.1. The Kier molecular flexibility index (Phi) is 32.2. The van der Waals surface area contributed by atoms with Gasteiger partial charge in [-0.3, -0.25) is 9.59 Å². The molecule has 0 aromatic carbocycles. The summed E-state index contributed by atoms with van der Waals surface area (Å²) in [6, 6.07) is 0. The Labute approximate surface area is 243 Å². The number of aliphatic carboxylic acids is 1. The second-order valence-electron chi connectivity index (χ2n) is 12.0. The van der Waals surface area contributed by atoms with Gasteiger partial charge in [-0.1, -0.05) is 174 Å². The average molecular weight is 553 g/mol. The van der Waals surface area contributed by atoms with Crippen molar-refractivity contribution < 1.29 is 19.4 Å². The minimum absolute atomic E-state index is 0.00477. The maximum absolute atomic E-state index is 11.9. The van der Waals surface area contributed by atoms with Gasteiger partial charge in [-0.25, -0.2) is 0 Å². The SMILES string of the molecule is CCCCCCCCCCCCCCCCCCCOC(=O)CCCCCCCCCCCCCCC(=O)O. The molecule has 0 aliphatic rings. The highest BCUT2D eigenvalue weighted by atomic mass is 16.5. The van der Waals surface area contributed by atoms with Crippen LogP contribution in [0.1, 0.15) is 206 Å². The minimum Gasteiger partial charge on any atom is -0.481 e. The van der Waals surface area contributed by atoms with E-state index in [-0.39, 0.29) is 5.97 Å². The van der Waals surface area contributed by atoms with E-state index in [0.717, 1.165) is 32.1 Å². The van der Waals surface area contributed by atoms with Crippen LogP contribution >= 0.6 is 0 Å². The van der Waals surface area contributed by atoms with Crippen LogP contribution in [0.2, 0.25) is 0 Å². The highest BCUT2D eigenvalue weighted by Gasteiger charge is 2.03. The molecule has 0 aliphatic carbocycles. The number of ether oxygens (including phenoxy) is 1. The first kappa shape index (κ1) is 37.9. The molecule has 1 N–H and O–H groups in total. The lowest BCUT2D eigenvalue weighted by Crippen LogP contribution is -2.05. The van der Waals surface area contributed by atoms with Crippen molar-refractivity contribution in [3.05, 3.63) is 0 Å². The van der Waals surface area contributed by atoms with Gasteiger partial charge in [0.1, 0.15) is 0 Å². The maximum atomic E-state index is 11.9. The van der Waals surface area contributed by atoms with Crippen molar-refractivity contribution in [3.63, 3.8) is 0 Å². The fourth-order valence-corrected chi connectivity index (χ4v) is 5.40. The Bertz CT molecular complexity index is 505. The van der Waals surface area contributed by atoms with E-state index in [1.807, 2.05) is 0 Å². The number of hydrogen-bond donors (Lipinski definition) is 1. The molecule has 0 unspecified atom stereocenters. The van der Waals surface area contributed by atoms with Crippen LogP contribution in [0, 0.1) is 0 Å². The van der Waals surface area contributed by atoms with E-state index in [1.54, 1.807) is 0 Å². The lowest BCUT2D eigenvalue weighted by molar-refractivity contribution is -0.144. The molecule has 0 saturated carbocycles. The molecular weight excluding hydrogens is 484 g/mol. The monoisotopic (exact) mass is 553 g/mol. The van der Waals surface area contributed by atoms with Crippen LogP contribution in [-0.4, -0.2) is 23.7 Å². The molecule has 0 spiro atoms. The van der Waals surface area contributed by atoms with Crippen molar-refractivity contribution >= 4 is 11.9 Å². The van der Waals surface area contributed by atoms with Gasteiger partial charge in [-0.15, -0.1) is 0 Å². The highest BCUT2D eigenvalue weighted by molar-refractivity contribution is 5.69. The summed E-state index contributed by atoms with van der Waals surface area (Å²) in [4.78, 5) is 22.4. The van der Waals surface area contributed by atoms with Crippen molar-refractivity contribution in [2.45, 2.75) is 206 Å². The number of carbonyl (C=O) groups excluding carboxylic acids is 1. The summed E-state index contributed by atoms with van der Waals surface area (Å²) in [5.41, 5.74) is 0. The number of carboxylic acids is 1. The summed E-state index contributed by atoms with van der Waals surface area (Å²) in [6.45, 7) is 2.89. The van der Waals surface area contributed by atoms with Crippen LogP contribution in [0.5, 0.6) is 0 Å². The molecule has 0 aromatic rings. The Balaban J connectivity index is 3.15. The first-order valence-corrected chi connectivity index (χ1v) is 17.5. The van der Waals surface area contributed by atoms with Crippen LogP contribution in [-0.2, 0) is 14.3 Å². The highest BCUT2D eigenvalue weighted by Crippen LogP contribution is 2.15. The molecule has 0 fully saturated rings. The zero-order valence-corrected chi connectivity index (χ0v) is 26.3. The molecule has 0 amide bonds. The molecule has 0 atom stereocenters. The molecule has 0 aromatic heterocycles. The van der Waals surface area contributed by atoms with Gasteiger partial charge in [0.25, 0.3) is 0 Å². The van der Waals surface area contributed by atoms with E-state index in [2.05, 4.69) is 6.92 Å². The molecule has 0 heterocycles. The van der Waals surface area contributed by atoms with Crippen LogP contribution in [0.25, 0.3) is 0 Å². The molecule has 4 heteroatoms. The zero-order chi connectivity index (χ0) is 28.5. The Morgan fingerprint density at radius 3 is 1.03 bits per heavy atom. The smallest absolute Gasteiger partial charge is 0.305 e. The number of esters is 1. The normalized spacial score (nSPS) is 11.2. The van der Waals surface area contributed by atoms with E-state index in [0.29, 0.717) is 19.4 Å². The Morgan fingerprint density at radius 1 is 0.410 bits per heavy atom. The van der Waals surface area contributed by atoms with Crippen molar-refractivity contribution in [2.24, 2.45) is 0 Å². The van der Waals surface area contributed by atoms with Crippen molar-refractivity contribution in [2.75, 3.05) is 6.61 Å². The van der Waals surface area contributed by atoms with Gasteiger partial charge in [0.05, 0.1) is 6.61 Å². The van der Waals surface area contributed by atoms with Crippen LogP contribution in [0.4, 0.5) is 0 Å². The standard InChI is InChI=1S/C35H68O4/c1-2-3-4-5-6-7-8-9-10-11-12-15-18-21-24-27-30-33-39-35(38)32-29-26-23-20-17-14-13-16-19-22-25-28-31-34(36)37/h2-33H2,1H3,(H,36,37). The minimum atomic E-state index is -0.673. The van der Waals surface area contributed by atoms with Gasteiger partial charge < -0.3 is 9.84 Å². The fraction of sp³-hybridized carbons (Fsp3) is 0.943. The van der Waals surface area contributed by atoms with Crippen LogP contribution < -0.4 is 0 Å². The molecule has 0 aliphatic heterocycles. The summed E-state index contributed by atoms with van der Waals surface area (Å²) in [5.74, 6) is -0.678. The summed E-state index contributed by atoms with van der Waals surface area (Å²) in [5, 5.41) is 8.62. The zero-order valence-electron chi connectivity index (χ0n) is 26.3. The Morgan fingerprint density at radius 2 is 0.692 bits per heavy atom. The second-order valence-corrected chi connectivity index (χ2v) is 12.0. The van der Waals surface area contributed by atoms with E-state index >= 15 is 0 Å². The maximum Gasteiger partial charge on any atom is 0.305 e. The number of unbranched alkanes of at least 4 members (excludes halogenated alkanes) is 27. The van der Waals surface area contributed by atoms with Crippen molar-refractivity contribution in [1.82, 2.24) is 0 Å². The predicted octanol–water partition coefficient (Wildman–Crippen LogP) is 11.7. The van der Waals surface area contributed by atoms with Gasteiger partial charge in [0, 0.05) is 12.8 Å². The first-order chi connectivity index (χ1) is 19.2. The first-order valence-electron chi connectivity index (χ1n) is 17.5. The lowest BCUT2D eigenvalue weighted by Gasteiger charge is -2.06. The van der Waals surface area contributed by atoms with Gasteiger partial charge >= 0.3 is 11.9 Å². The van der Waals surface area contributed by atoms with E-state index in [1.165, 1.54) is 154 Å². The number of carboxylic acid groups (broad SMARTS) is 1. The third-order valence-corrected chi connectivity index (χ3v) is 8.03. The quantitative estimate of drug-likeness (QED) is 0.0649. The molecule has 232 valence electrons. The molecule has 0 saturated heterocycles. The van der Waals surface area contributed by atoms with Crippen molar-refractivity contribution in [3.8, 4) is 0 Å². The topological polar surface area (TPSA) is 63.6 Å². The fourth-order valence-electron chi connectivity index (χ4n) is 5.40. The molecular formula is C35H68O4. The average Bonchev–Trinajstić information content (AvgIpc) is 2.92. The van der Waals surface area contributed by atoms with Gasteiger partial charge in [0.15, 0.2) is 0 Å². The third-order valence-electron chi connectivity index (χ3n) is 8.03. The number of rotatable bonds is 33. The molecule has 39 heavy (non-hydrogen) atoms. The van der Waals surface area contributed by atoms with Gasteiger partial charge in [-0.2, -0.15) is 0 Å². The van der Waals surface area contributed by atoms with Crippen LogP contribution in [0.15, 0.2) is 0 Å². The van der Waals surface area contributed by atoms with E-state index in [9.17, 15) is 9.59 Å². The third kappa shape index (κ3) is 34.9. The molecule has 0 rings (SSSR count). The molecule has 0 radical (unpaired) electrons. The molecule has 0 bridgehead atoms. The number of hydrogen-bond acceptors (Lipinski definition) is 3. The Hall–Kier alpha value is -1.06. The number of carbonyl (C=O) groups is 2. The van der Waals surface area contributed by atoms with Gasteiger partial charge in [-0.05, 0) is 19.3 Å². The lowest BCUT2D eigenvalue weighted by atomic mass is 10.0. The summed E-state index contributed by atoms with van der Waals surface area (Å²) < 4.78 is 5.42. The van der Waals surface area contributed by atoms with E-state index < -0.39 is 5.97 Å². The predicted molar refractivity (Wildman–Crippen MR) is 167 cm³/mol. The summed E-state index contributed by atoms with van der Waals surface area (Å²) >= 11 is 0. The van der Waals surface area contributed by atoms with Crippen molar-refractivity contribution in [1.29, 1.82) is 0 Å². The van der Waals surface area contributed by atoms with Gasteiger partial charge in [0.2, 0.25) is 0 Å². The molecule has 4 nitrogen and oxygen atoms in total. The summed E-state index contributed by atoms with van der Waals surface area (Å²) in [7, 11) is 0.